The number of carboxylic acids is 2. The molecule has 0 fully saturated rings. The van der Waals surface area contributed by atoms with Crippen molar-refractivity contribution < 1.29 is 59.0 Å². The van der Waals surface area contributed by atoms with Gasteiger partial charge >= 0.3 is 33.2 Å². The highest BCUT2D eigenvalue weighted by atomic mass is 35.5. The highest BCUT2D eigenvalue weighted by Gasteiger charge is 2.44. The van der Waals surface area contributed by atoms with Crippen molar-refractivity contribution >= 4 is 97.5 Å². The normalized spacial score (nSPS) is 13.4. The van der Waals surface area contributed by atoms with Gasteiger partial charge in [0.05, 0.1) is 16.5 Å². The first kappa shape index (κ1) is 70.7. The number of benzene rings is 5. The molecular weight excluding hydrogens is 1110 g/mol. The molecule has 0 radical (unpaired) electrons. The molecule has 0 spiro atoms. The number of hydrogen-bond donors (Lipinski definition) is 3. The standard InChI is InChI=1S/C30H34N2O3.C17H16N2.C17H23NO2.ClH.2O3S/c1-24(33)31(25-16-8-6-9-17-25)22-14-5-4-10-20-28-30(2,3)26-18-12-13-19-27(26)32(28)23-15-7-11-21-29(34)35;1-4-10-16(11-5-1)18-14-8-3-9-15-19-17-12-6-2-7-13-17;1-13-17(2,3)14-9-6-7-10-15(14)18(13)12-8-4-5-11-16(19)20;;2*1-4(2)3/h4-6,8-10,12-14,16-20,22H,7,11,15,21,23H2,1-3H3;1-15,18H;6-7,9-10H,4-5,8,11-12H2,1-3H3;1H;;/p+2/b;9-3+,14-8+,19-15?;;;;. The highest BCUT2D eigenvalue weighted by Crippen LogP contribution is 2.41. The average Bonchev–Trinajstić information content (AvgIpc) is 2.99. The van der Waals surface area contributed by atoms with E-state index in [2.05, 4.69) is 109 Å². The van der Waals surface area contributed by atoms with Gasteiger partial charge in [0.1, 0.15) is 13.1 Å². The van der Waals surface area contributed by atoms with Crippen LogP contribution in [0.2, 0.25) is 0 Å². The molecule has 0 aliphatic carbocycles. The third-order valence-electron chi connectivity index (χ3n) is 13.1. The fraction of sp³-hybridized carbons (Fsp3) is 0.281. The minimum absolute atomic E-state index is 0. The molecule has 5 aromatic rings. The Balaban J connectivity index is 0.000000418. The van der Waals surface area contributed by atoms with Crippen LogP contribution >= 0.6 is 12.4 Å². The van der Waals surface area contributed by atoms with E-state index in [4.69, 9.17) is 35.5 Å². The van der Waals surface area contributed by atoms with E-state index in [9.17, 15) is 14.4 Å². The van der Waals surface area contributed by atoms with E-state index in [1.54, 1.807) is 24.2 Å². The van der Waals surface area contributed by atoms with Crippen molar-refractivity contribution in [3.63, 3.8) is 0 Å². The van der Waals surface area contributed by atoms with Crippen LogP contribution in [0.1, 0.15) is 104 Å². The molecule has 3 N–H and O–H groups in total. The van der Waals surface area contributed by atoms with Gasteiger partial charge in [0, 0.05) is 98.9 Å². The third-order valence-corrected chi connectivity index (χ3v) is 13.1. The molecule has 16 nitrogen and oxygen atoms in total. The fourth-order valence-electron chi connectivity index (χ4n) is 8.93. The molecule has 19 heteroatoms. The number of carbonyl (C=O) groups is 3. The summed E-state index contributed by atoms with van der Waals surface area (Å²) in [5.41, 5.74) is 10.7. The van der Waals surface area contributed by atoms with E-state index in [-0.39, 0.29) is 42.0 Å². The number of unbranched alkanes of at least 4 members (excludes halogenated alkanes) is 4. The number of carboxylic acid groups (broad SMARTS) is 2. The predicted molar refractivity (Wildman–Crippen MR) is 333 cm³/mol. The van der Waals surface area contributed by atoms with Crippen molar-refractivity contribution in [3.05, 3.63) is 212 Å². The topological polar surface area (TPSA) is 228 Å². The molecule has 0 atom stereocenters. The maximum atomic E-state index is 12.0. The molecule has 0 unspecified atom stereocenters. The van der Waals surface area contributed by atoms with Gasteiger partial charge in [-0.3, -0.25) is 24.3 Å². The molecule has 7 rings (SSSR count). The first-order valence-electron chi connectivity index (χ1n) is 26.7. The van der Waals surface area contributed by atoms with E-state index in [0.29, 0.717) is 6.42 Å². The first-order valence-corrected chi connectivity index (χ1v) is 28.7. The molecule has 0 saturated carbocycles. The largest absolute Gasteiger partial charge is 0.481 e. The van der Waals surface area contributed by atoms with Crippen LogP contribution in [0.4, 0.5) is 28.4 Å². The van der Waals surface area contributed by atoms with Crippen molar-refractivity contribution in [1.29, 1.82) is 0 Å². The Hall–Kier alpha value is -8.45. The van der Waals surface area contributed by atoms with E-state index in [0.717, 1.165) is 62.3 Å². The number of anilines is 2. The van der Waals surface area contributed by atoms with Crippen molar-refractivity contribution in [2.24, 2.45) is 4.99 Å². The van der Waals surface area contributed by atoms with E-state index < -0.39 is 33.2 Å². The number of hydrogen-bond acceptors (Lipinski definition) is 11. The number of allylic oxidation sites excluding steroid dienone is 8. The Morgan fingerprint density at radius 3 is 1.53 bits per heavy atom. The first-order chi connectivity index (χ1) is 39.2. The van der Waals surface area contributed by atoms with Gasteiger partial charge in [-0.15, -0.1) is 37.7 Å². The highest BCUT2D eigenvalue weighted by molar-refractivity contribution is 7.59. The molecule has 2 aliphatic heterocycles. The number of nitrogens with one attached hydrogen (secondary N) is 1. The second kappa shape index (κ2) is 38.3. The molecule has 440 valence electrons. The van der Waals surface area contributed by atoms with Crippen LogP contribution in [-0.2, 0) is 46.4 Å². The fourth-order valence-corrected chi connectivity index (χ4v) is 8.93. The van der Waals surface area contributed by atoms with Crippen LogP contribution in [0.25, 0.3) is 0 Å². The van der Waals surface area contributed by atoms with Crippen LogP contribution in [0.5, 0.6) is 0 Å². The number of halogens is 1. The van der Waals surface area contributed by atoms with Gasteiger partial charge in [0.2, 0.25) is 17.3 Å². The number of amides is 1. The molecule has 0 bridgehead atoms. The average molecular weight is 1190 g/mol. The quantitative estimate of drug-likeness (QED) is 0.0254. The van der Waals surface area contributed by atoms with Crippen molar-refractivity contribution in [3.8, 4) is 0 Å². The number of nitrogens with zero attached hydrogens (tertiary/aromatic N) is 4. The van der Waals surface area contributed by atoms with E-state index >= 15 is 0 Å². The second-order valence-electron chi connectivity index (χ2n) is 19.6. The SMILES string of the molecule is C(/C=C/C=C/Nc1ccccc1)=Nc1ccccc1.CC(=O)N(/C=C/C=C/C=C/C1=[N+](CCCCCC(=O)O)c2ccccc2C1(C)C)c1ccccc1.CC1=[N+](CCCCCC(=O)O)c2ccccc2C1(C)C.Cl.O=S(=O)=O.O=S(=O)=O. The Kier molecular flexibility index (Phi) is 32.6. The van der Waals surface area contributed by atoms with E-state index in [1.807, 2.05) is 140 Å². The van der Waals surface area contributed by atoms with Crippen LogP contribution in [0.3, 0.4) is 0 Å². The van der Waals surface area contributed by atoms with Crippen molar-refractivity contribution in [1.82, 2.24) is 0 Å². The van der Waals surface area contributed by atoms with Gasteiger partial charge in [0.25, 0.3) is 0 Å². The number of fused-ring (bicyclic) bond motifs is 2. The molecule has 0 saturated heterocycles. The Labute approximate surface area is 497 Å². The summed E-state index contributed by atoms with van der Waals surface area (Å²) in [7, 11) is -6.22. The van der Waals surface area contributed by atoms with Gasteiger partial charge in [-0.05, 0) is 108 Å². The molecule has 5 aromatic carbocycles. The zero-order chi connectivity index (χ0) is 60.3. The summed E-state index contributed by atoms with van der Waals surface area (Å²) in [6.07, 6.45) is 27.0. The zero-order valence-corrected chi connectivity index (χ0v) is 50.2. The zero-order valence-electron chi connectivity index (χ0n) is 47.8. The summed E-state index contributed by atoms with van der Waals surface area (Å²) >= 11 is 0. The molecule has 1 amide bonds. The molecule has 2 aliphatic rings. The lowest BCUT2D eigenvalue weighted by Gasteiger charge is -2.15. The Morgan fingerprint density at radius 1 is 0.554 bits per heavy atom. The Morgan fingerprint density at radius 2 is 1.00 bits per heavy atom. The van der Waals surface area contributed by atoms with Gasteiger partial charge in [-0.25, -0.2) is 0 Å². The van der Waals surface area contributed by atoms with Crippen molar-refractivity contribution in [2.75, 3.05) is 23.3 Å². The summed E-state index contributed by atoms with van der Waals surface area (Å²) in [5.74, 6) is -1.47. The summed E-state index contributed by atoms with van der Waals surface area (Å²) in [5, 5.41) is 20.7. The second-order valence-corrected chi connectivity index (χ2v) is 20.4. The minimum Gasteiger partial charge on any atom is -0.481 e. The van der Waals surface area contributed by atoms with Crippen molar-refractivity contribution in [2.45, 2.75) is 104 Å². The van der Waals surface area contributed by atoms with Crippen LogP contribution in [-0.4, -0.2) is 93.2 Å². The van der Waals surface area contributed by atoms with E-state index in [1.165, 1.54) is 33.9 Å². The third kappa shape index (κ3) is 25.9. The predicted octanol–water partition coefficient (Wildman–Crippen LogP) is 13.1. The molecule has 83 heavy (non-hydrogen) atoms. The molecule has 0 aromatic heterocycles. The summed E-state index contributed by atoms with van der Waals surface area (Å²) < 4.78 is 55.4. The van der Waals surface area contributed by atoms with Gasteiger partial charge in [-0.1, -0.05) is 115 Å². The number of para-hydroxylation sites is 5. The van der Waals surface area contributed by atoms with Crippen LogP contribution < -0.4 is 10.2 Å². The summed E-state index contributed by atoms with van der Waals surface area (Å²) in [6, 6.07) is 46.5. The lowest BCUT2D eigenvalue weighted by molar-refractivity contribution is -0.439. The maximum absolute atomic E-state index is 12.0. The van der Waals surface area contributed by atoms with Gasteiger partial charge < -0.3 is 15.5 Å². The number of carbonyl (C=O) groups excluding carboxylic acids is 1. The number of rotatable bonds is 22. The smallest absolute Gasteiger partial charge is 0.425 e. The Bertz CT molecular complexity index is 3320. The van der Waals surface area contributed by atoms with Crippen LogP contribution in [0.15, 0.2) is 206 Å². The maximum Gasteiger partial charge on any atom is 0.425 e. The number of aliphatic carboxylic acids is 2. The lowest BCUT2D eigenvalue weighted by Crippen LogP contribution is -2.27. The monoisotopic (exact) mass is 1190 g/mol. The minimum atomic E-state index is -3.11. The summed E-state index contributed by atoms with van der Waals surface area (Å²) in [6.45, 7) is 14.6. The van der Waals surface area contributed by atoms with Crippen LogP contribution in [0, 0.1) is 0 Å². The number of aliphatic imine (C=N–C) groups is 1. The lowest BCUT2D eigenvalue weighted by atomic mass is 9.81. The van der Waals surface area contributed by atoms with Gasteiger partial charge in [0.15, 0.2) is 11.4 Å². The summed E-state index contributed by atoms with van der Waals surface area (Å²) in [4.78, 5) is 39.2. The van der Waals surface area contributed by atoms with Gasteiger partial charge in [-0.2, -0.15) is 9.15 Å². The molecule has 2 heterocycles. The molecular formula is C64H76ClN5O11S2+2.